The average molecular weight is 518 g/mol. The van der Waals surface area contributed by atoms with Gasteiger partial charge in [0, 0.05) is 17.1 Å². The molecule has 0 saturated carbocycles. The molecular formula is C29H25F6NO. The van der Waals surface area contributed by atoms with E-state index in [4.69, 9.17) is 0 Å². The Hall–Kier alpha value is -3.55. The maximum atomic E-state index is 15.2. The average Bonchev–Trinajstić information content (AvgIpc) is 2.86. The molecule has 8 heteroatoms. The summed E-state index contributed by atoms with van der Waals surface area (Å²) in [7, 11) is 0. The summed E-state index contributed by atoms with van der Waals surface area (Å²) in [5.41, 5.74) is 3.23. The number of fused-ring (bicyclic) bond motifs is 1. The Labute approximate surface area is 210 Å². The lowest BCUT2D eigenvalue weighted by Gasteiger charge is -2.12. The van der Waals surface area contributed by atoms with Crippen LogP contribution < -0.4 is 4.74 Å². The summed E-state index contributed by atoms with van der Waals surface area (Å²) < 4.78 is 83.6. The molecule has 0 aliphatic rings. The minimum Gasteiger partial charge on any atom is -0.399 e. The van der Waals surface area contributed by atoms with Crippen molar-refractivity contribution in [3.8, 4) is 17.0 Å². The predicted octanol–water partition coefficient (Wildman–Crippen LogP) is 8.74. The topological polar surface area (TPSA) is 22.1 Å². The van der Waals surface area contributed by atoms with E-state index in [2.05, 4.69) is 22.7 Å². The van der Waals surface area contributed by atoms with Gasteiger partial charge < -0.3 is 4.74 Å². The Bertz CT molecular complexity index is 1360. The normalized spacial score (nSPS) is 11.8. The van der Waals surface area contributed by atoms with Gasteiger partial charge in [-0.1, -0.05) is 50.1 Å². The maximum Gasteiger partial charge on any atom is 0.573 e. The van der Waals surface area contributed by atoms with Crippen LogP contribution in [-0.4, -0.2) is 11.3 Å². The molecule has 1 heterocycles. The monoisotopic (exact) mass is 517 g/mol. The molecule has 0 radical (unpaired) electrons. The number of aryl methyl sites for hydroxylation is 3. The van der Waals surface area contributed by atoms with Crippen molar-refractivity contribution >= 4 is 10.8 Å². The van der Waals surface area contributed by atoms with Crippen LogP contribution in [0.1, 0.15) is 42.9 Å². The van der Waals surface area contributed by atoms with Crippen LogP contribution in [0, 0.1) is 17.5 Å². The van der Waals surface area contributed by atoms with Crippen LogP contribution in [-0.2, 0) is 19.3 Å². The van der Waals surface area contributed by atoms with Crippen molar-refractivity contribution in [2.75, 3.05) is 0 Å². The Kier molecular flexibility index (Phi) is 8.05. The van der Waals surface area contributed by atoms with Gasteiger partial charge in [0.15, 0.2) is 11.6 Å². The zero-order valence-electron chi connectivity index (χ0n) is 20.1. The van der Waals surface area contributed by atoms with Crippen LogP contribution in [0.4, 0.5) is 26.3 Å². The van der Waals surface area contributed by atoms with Gasteiger partial charge in [0.1, 0.15) is 5.82 Å². The van der Waals surface area contributed by atoms with Gasteiger partial charge in [0.25, 0.3) is 0 Å². The molecule has 3 aromatic carbocycles. The third-order valence-electron chi connectivity index (χ3n) is 6.18. The number of benzene rings is 3. The largest absolute Gasteiger partial charge is 0.573 e. The van der Waals surface area contributed by atoms with E-state index >= 15 is 4.39 Å². The first-order valence-corrected chi connectivity index (χ1v) is 12.0. The van der Waals surface area contributed by atoms with E-state index in [0.29, 0.717) is 16.3 Å². The van der Waals surface area contributed by atoms with Crippen LogP contribution in [0.5, 0.6) is 5.75 Å². The second-order valence-corrected chi connectivity index (χ2v) is 8.92. The Morgan fingerprint density at radius 2 is 1.54 bits per heavy atom. The summed E-state index contributed by atoms with van der Waals surface area (Å²) in [6.45, 7) is 2.16. The number of halogens is 6. The molecule has 0 aliphatic carbocycles. The third kappa shape index (κ3) is 6.61. The fraction of sp³-hybridized carbons (Fsp3) is 0.276. The van der Waals surface area contributed by atoms with Crippen molar-refractivity contribution in [3.63, 3.8) is 0 Å². The molecule has 1 aromatic heterocycles. The molecule has 0 fully saturated rings. The first kappa shape index (κ1) is 26.5. The van der Waals surface area contributed by atoms with Gasteiger partial charge in [0.2, 0.25) is 5.75 Å². The van der Waals surface area contributed by atoms with Crippen LogP contribution in [0.25, 0.3) is 22.0 Å². The number of rotatable bonds is 9. The molecule has 0 spiro atoms. The lowest BCUT2D eigenvalue weighted by Crippen LogP contribution is -2.19. The lowest BCUT2D eigenvalue weighted by atomic mass is 9.98. The Morgan fingerprint density at radius 1 is 0.784 bits per heavy atom. The molecule has 37 heavy (non-hydrogen) atoms. The number of unbranched alkanes of at least 4 members (excludes halogenated alkanes) is 2. The molecule has 0 atom stereocenters. The third-order valence-corrected chi connectivity index (χ3v) is 6.18. The highest BCUT2D eigenvalue weighted by atomic mass is 19.4. The van der Waals surface area contributed by atoms with E-state index in [0.717, 1.165) is 42.7 Å². The van der Waals surface area contributed by atoms with Gasteiger partial charge in [-0.3, -0.25) is 4.98 Å². The summed E-state index contributed by atoms with van der Waals surface area (Å²) in [5, 5.41) is 1.07. The standard InChI is InChI=1S/C29H25F6NO/c1-2-3-4-5-18-7-13-26(36-17-18)22-11-12-23-21(16-22)10-9-20(27(23)32)8-6-19-14-24(30)28(25(31)15-19)37-29(33,34)35/h7,9-17H,2-6,8H2,1H3. The number of hydrogen-bond donors (Lipinski definition) is 0. The molecule has 0 saturated heterocycles. The zero-order valence-corrected chi connectivity index (χ0v) is 20.1. The highest BCUT2D eigenvalue weighted by Gasteiger charge is 2.34. The maximum absolute atomic E-state index is 15.2. The van der Waals surface area contributed by atoms with Crippen molar-refractivity contribution < 1.29 is 31.1 Å². The van der Waals surface area contributed by atoms with Crippen LogP contribution in [0.2, 0.25) is 0 Å². The number of aromatic nitrogens is 1. The molecule has 0 unspecified atom stereocenters. The van der Waals surface area contributed by atoms with Gasteiger partial charge in [-0.15, -0.1) is 13.2 Å². The molecule has 4 aromatic rings. The van der Waals surface area contributed by atoms with Gasteiger partial charge >= 0.3 is 6.36 Å². The molecule has 2 nitrogen and oxygen atoms in total. The van der Waals surface area contributed by atoms with E-state index < -0.39 is 29.6 Å². The summed E-state index contributed by atoms with van der Waals surface area (Å²) in [6, 6.07) is 14.2. The van der Waals surface area contributed by atoms with Crippen molar-refractivity contribution in [2.45, 2.75) is 51.8 Å². The number of hydrogen-bond acceptors (Lipinski definition) is 2. The van der Waals surface area contributed by atoms with Crippen molar-refractivity contribution in [3.05, 3.63) is 94.9 Å². The fourth-order valence-electron chi connectivity index (χ4n) is 4.26. The highest BCUT2D eigenvalue weighted by molar-refractivity contribution is 5.88. The smallest absolute Gasteiger partial charge is 0.399 e. The molecule has 194 valence electrons. The first-order chi connectivity index (χ1) is 17.6. The molecule has 0 amide bonds. The number of alkyl halides is 3. The number of nitrogens with zero attached hydrogens (tertiary/aromatic N) is 1. The van der Waals surface area contributed by atoms with E-state index in [1.807, 2.05) is 18.3 Å². The number of pyridine rings is 1. The summed E-state index contributed by atoms with van der Waals surface area (Å²) in [4.78, 5) is 4.55. The van der Waals surface area contributed by atoms with E-state index in [-0.39, 0.29) is 18.4 Å². The van der Waals surface area contributed by atoms with Crippen LogP contribution in [0.3, 0.4) is 0 Å². The second-order valence-electron chi connectivity index (χ2n) is 8.92. The molecule has 0 bridgehead atoms. The van der Waals surface area contributed by atoms with Gasteiger partial charge in [-0.2, -0.15) is 0 Å². The van der Waals surface area contributed by atoms with Gasteiger partial charge in [0.05, 0.1) is 5.69 Å². The van der Waals surface area contributed by atoms with Crippen molar-refractivity contribution in [1.29, 1.82) is 0 Å². The van der Waals surface area contributed by atoms with E-state index in [9.17, 15) is 22.0 Å². The molecule has 0 N–H and O–H groups in total. The SMILES string of the molecule is CCCCCc1ccc(-c2ccc3c(F)c(CCc4cc(F)c(OC(F)(F)F)c(F)c4)ccc3c2)nc1. The minimum absolute atomic E-state index is 0.0230. The first-order valence-electron chi connectivity index (χ1n) is 12.0. The van der Waals surface area contributed by atoms with Crippen molar-refractivity contribution in [1.82, 2.24) is 4.98 Å². The summed E-state index contributed by atoms with van der Waals surface area (Å²) >= 11 is 0. The summed E-state index contributed by atoms with van der Waals surface area (Å²) in [5.74, 6) is -4.91. The van der Waals surface area contributed by atoms with Gasteiger partial charge in [-0.25, -0.2) is 13.2 Å². The molecule has 4 rings (SSSR count). The zero-order chi connectivity index (χ0) is 26.6. The lowest BCUT2D eigenvalue weighted by molar-refractivity contribution is -0.276. The minimum atomic E-state index is -5.22. The fourth-order valence-corrected chi connectivity index (χ4v) is 4.26. The quantitative estimate of drug-likeness (QED) is 0.164. The van der Waals surface area contributed by atoms with Gasteiger partial charge in [-0.05, 0) is 72.0 Å². The van der Waals surface area contributed by atoms with Crippen molar-refractivity contribution in [2.24, 2.45) is 0 Å². The second kappa shape index (κ2) is 11.2. The molecule has 0 aliphatic heterocycles. The van der Waals surface area contributed by atoms with Crippen LogP contribution in [0.15, 0.2) is 60.8 Å². The summed E-state index contributed by atoms with van der Waals surface area (Å²) in [6.07, 6.45) is 1.21. The van der Waals surface area contributed by atoms with E-state index in [1.165, 1.54) is 12.0 Å². The molecular weight excluding hydrogens is 492 g/mol. The van der Waals surface area contributed by atoms with E-state index in [1.54, 1.807) is 24.3 Å². The highest BCUT2D eigenvalue weighted by Crippen LogP contribution is 2.31. The van der Waals surface area contributed by atoms with Crippen LogP contribution >= 0.6 is 0 Å². The number of ether oxygens (including phenoxy) is 1. The predicted molar refractivity (Wildman–Crippen MR) is 131 cm³/mol. The Balaban J connectivity index is 1.49. The Morgan fingerprint density at radius 3 is 2.19 bits per heavy atom.